The van der Waals surface area contributed by atoms with Crippen LogP contribution in [0.4, 0.5) is 0 Å². The van der Waals surface area contributed by atoms with E-state index in [1.54, 1.807) is 31.4 Å². The van der Waals surface area contributed by atoms with Gasteiger partial charge < -0.3 is 19.3 Å². The summed E-state index contributed by atoms with van der Waals surface area (Å²) in [6.45, 7) is 3.96. The van der Waals surface area contributed by atoms with Crippen LogP contribution in [0.25, 0.3) is 0 Å². The lowest BCUT2D eigenvalue weighted by molar-refractivity contribution is -0.145. The fourth-order valence-corrected chi connectivity index (χ4v) is 2.35. The molecule has 1 N–H and O–H groups in total. The summed E-state index contributed by atoms with van der Waals surface area (Å²) >= 11 is 0. The molecule has 2 aromatic carbocycles. The number of ether oxygens (including phenoxy) is 3. The summed E-state index contributed by atoms with van der Waals surface area (Å²) < 4.78 is 16.2. The number of rotatable bonds is 7. The van der Waals surface area contributed by atoms with E-state index in [0.29, 0.717) is 17.2 Å². The van der Waals surface area contributed by atoms with Crippen LogP contribution in [0.5, 0.6) is 17.2 Å². The molecule has 0 heterocycles. The zero-order valence-corrected chi connectivity index (χ0v) is 14.3. The molecule has 0 aromatic heterocycles. The number of aryl methyl sites for hydroxylation is 2. The molecule has 5 nitrogen and oxygen atoms in total. The van der Waals surface area contributed by atoms with Gasteiger partial charge in [-0.15, -0.1) is 0 Å². The number of benzene rings is 2. The van der Waals surface area contributed by atoms with Crippen LogP contribution in [-0.4, -0.2) is 31.4 Å². The van der Waals surface area contributed by atoms with E-state index in [1.807, 2.05) is 26.0 Å². The highest BCUT2D eigenvalue weighted by molar-refractivity contribution is 5.73. The first-order valence-corrected chi connectivity index (χ1v) is 7.62. The Morgan fingerprint density at radius 2 is 1.71 bits per heavy atom. The van der Waals surface area contributed by atoms with Crippen LogP contribution < -0.4 is 14.2 Å². The minimum atomic E-state index is -1.02. The number of carboxylic acid groups (broad SMARTS) is 1. The van der Waals surface area contributed by atoms with Gasteiger partial charge in [-0.25, -0.2) is 4.79 Å². The van der Waals surface area contributed by atoms with Gasteiger partial charge in [0.15, 0.2) is 6.10 Å². The molecule has 5 heteroatoms. The van der Waals surface area contributed by atoms with Gasteiger partial charge in [0, 0.05) is 12.5 Å². The van der Waals surface area contributed by atoms with Gasteiger partial charge >= 0.3 is 5.97 Å². The van der Waals surface area contributed by atoms with Gasteiger partial charge in [-0.3, -0.25) is 0 Å². The third-order valence-corrected chi connectivity index (χ3v) is 3.93. The number of methoxy groups -OCH3 is 2. The average Bonchev–Trinajstić information content (AvgIpc) is 2.57. The molecule has 2 rings (SSSR count). The molecular weight excluding hydrogens is 308 g/mol. The minimum Gasteiger partial charge on any atom is -0.497 e. The van der Waals surface area contributed by atoms with Crippen molar-refractivity contribution in [1.82, 2.24) is 0 Å². The molecule has 2 aromatic rings. The zero-order chi connectivity index (χ0) is 17.7. The summed E-state index contributed by atoms with van der Waals surface area (Å²) in [5.41, 5.74) is 2.93. The molecule has 0 fully saturated rings. The van der Waals surface area contributed by atoms with Crippen LogP contribution in [0, 0.1) is 13.8 Å². The lowest BCUT2D eigenvalue weighted by atomic mass is 10.1. The number of aliphatic carboxylic acids is 1. The summed E-state index contributed by atoms with van der Waals surface area (Å²) in [5, 5.41) is 9.49. The van der Waals surface area contributed by atoms with E-state index in [2.05, 4.69) is 0 Å². The van der Waals surface area contributed by atoms with Crippen molar-refractivity contribution >= 4 is 5.97 Å². The molecule has 0 bridgehead atoms. The normalized spacial score (nSPS) is 11.7. The van der Waals surface area contributed by atoms with Crippen LogP contribution >= 0.6 is 0 Å². The van der Waals surface area contributed by atoms with Gasteiger partial charge in [-0.2, -0.15) is 0 Å². The SMILES string of the molecule is COc1ccc(C[C@H](Oc2ccc(C)c(C)c2)C(=O)O)c(OC)c1. The zero-order valence-electron chi connectivity index (χ0n) is 14.3. The molecule has 128 valence electrons. The van der Waals surface area contributed by atoms with Gasteiger partial charge in [0.1, 0.15) is 17.2 Å². The highest BCUT2D eigenvalue weighted by Gasteiger charge is 2.22. The van der Waals surface area contributed by atoms with E-state index >= 15 is 0 Å². The smallest absolute Gasteiger partial charge is 0.345 e. The molecule has 0 aliphatic heterocycles. The largest absolute Gasteiger partial charge is 0.497 e. The first-order chi connectivity index (χ1) is 11.4. The third-order valence-electron chi connectivity index (χ3n) is 3.93. The van der Waals surface area contributed by atoms with E-state index in [0.717, 1.165) is 16.7 Å². The molecule has 0 unspecified atom stereocenters. The molecule has 0 aliphatic carbocycles. The molecule has 0 saturated heterocycles. The van der Waals surface area contributed by atoms with Crippen molar-refractivity contribution in [2.24, 2.45) is 0 Å². The molecule has 0 amide bonds. The maximum atomic E-state index is 11.6. The van der Waals surface area contributed by atoms with Gasteiger partial charge in [0.2, 0.25) is 0 Å². The van der Waals surface area contributed by atoms with Crippen molar-refractivity contribution in [3.05, 3.63) is 53.1 Å². The van der Waals surface area contributed by atoms with Crippen LogP contribution in [0.3, 0.4) is 0 Å². The maximum absolute atomic E-state index is 11.6. The molecule has 0 aliphatic rings. The van der Waals surface area contributed by atoms with E-state index in [1.165, 1.54) is 7.11 Å². The van der Waals surface area contributed by atoms with Gasteiger partial charge in [-0.05, 0) is 48.7 Å². The Labute approximate surface area is 141 Å². The standard InChI is InChI=1S/C19H22O5/c1-12-5-7-16(9-13(12)2)24-18(19(20)21)10-14-6-8-15(22-3)11-17(14)23-4/h5-9,11,18H,10H2,1-4H3,(H,20,21)/t18-/m0/s1. The monoisotopic (exact) mass is 330 g/mol. The average molecular weight is 330 g/mol. The Bertz CT molecular complexity index is 724. The summed E-state index contributed by atoms with van der Waals surface area (Å²) in [7, 11) is 3.11. The first-order valence-electron chi connectivity index (χ1n) is 7.62. The molecule has 0 saturated carbocycles. The van der Waals surface area contributed by atoms with Crippen molar-refractivity contribution in [3.63, 3.8) is 0 Å². The minimum absolute atomic E-state index is 0.190. The number of carboxylic acids is 1. The van der Waals surface area contributed by atoms with E-state index < -0.39 is 12.1 Å². The first kappa shape index (κ1) is 17.7. The van der Waals surface area contributed by atoms with Gasteiger partial charge in [0.05, 0.1) is 14.2 Å². The second-order valence-electron chi connectivity index (χ2n) is 5.57. The Morgan fingerprint density at radius 1 is 1.00 bits per heavy atom. The Morgan fingerprint density at radius 3 is 2.29 bits per heavy atom. The number of hydrogen-bond acceptors (Lipinski definition) is 4. The van der Waals surface area contributed by atoms with Crippen LogP contribution in [-0.2, 0) is 11.2 Å². The lowest BCUT2D eigenvalue weighted by Gasteiger charge is -2.18. The Hall–Kier alpha value is -2.69. The Kier molecular flexibility index (Phi) is 5.68. The van der Waals surface area contributed by atoms with Crippen LogP contribution in [0.2, 0.25) is 0 Å². The Balaban J connectivity index is 2.22. The van der Waals surface area contributed by atoms with Crippen LogP contribution in [0.1, 0.15) is 16.7 Å². The summed E-state index contributed by atoms with van der Waals surface area (Å²) in [6.07, 6.45) is -0.815. The topological polar surface area (TPSA) is 65.0 Å². The highest BCUT2D eigenvalue weighted by Crippen LogP contribution is 2.27. The van der Waals surface area contributed by atoms with Crippen molar-refractivity contribution in [2.45, 2.75) is 26.4 Å². The van der Waals surface area contributed by atoms with Crippen molar-refractivity contribution in [2.75, 3.05) is 14.2 Å². The second kappa shape index (κ2) is 7.73. The fourth-order valence-electron chi connectivity index (χ4n) is 2.35. The predicted octanol–water partition coefficient (Wildman–Crippen LogP) is 3.40. The molecular formula is C19H22O5. The van der Waals surface area contributed by atoms with Gasteiger partial charge in [0.25, 0.3) is 0 Å². The van der Waals surface area contributed by atoms with Gasteiger partial charge in [-0.1, -0.05) is 12.1 Å². The van der Waals surface area contributed by atoms with E-state index in [9.17, 15) is 9.90 Å². The highest BCUT2D eigenvalue weighted by atomic mass is 16.5. The fraction of sp³-hybridized carbons (Fsp3) is 0.316. The summed E-state index contributed by atoms with van der Waals surface area (Å²) in [4.78, 5) is 11.6. The molecule has 1 atom stereocenters. The van der Waals surface area contributed by atoms with Crippen LogP contribution in [0.15, 0.2) is 36.4 Å². The molecule has 0 spiro atoms. The molecule has 24 heavy (non-hydrogen) atoms. The maximum Gasteiger partial charge on any atom is 0.345 e. The third kappa shape index (κ3) is 4.19. The molecule has 0 radical (unpaired) electrons. The van der Waals surface area contributed by atoms with Crippen molar-refractivity contribution in [3.8, 4) is 17.2 Å². The summed E-state index contributed by atoms with van der Waals surface area (Å²) in [6, 6.07) is 10.8. The second-order valence-corrected chi connectivity index (χ2v) is 5.57. The summed E-state index contributed by atoms with van der Waals surface area (Å²) in [5.74, 6) is 0.742. The predicted molar refractivity (Wildman–Crippen MR) is 91.2 cm³/mol. The lowest BCUT2D eigenvalue weighted by Crippen LogP contribution is -2.29. The quantitative estimate of drug-likeness (QED) is 0.843. The number of carbonyl (C=O) groups is 1. The van der Waals surface area contributed by atoms with Crippen molar-refractivity contribution < 1.29 is 24.1 Å². The van der Waals surface area contributed by atoms with E-state index in [4.69, 9.17) is 14.2 Å². The number of hydrogen-bond donors (Lipinski definition) is 1. The van der Waals surface area contributed by atoms with Crippen molar-refractivity contribution in [1.29, 1.82) is 0 Å². The van der Waals surface area contributed by atoms with E-state index in [-0.39, 0.29) is 6.42 Å².